The molecule has 37 heavy (non-hydrogen) atoms. The van der Waals surface area contributed by atoms with Crippen molar-refractivity contribution in [1.82, 2.24) is 15.8 Å². The lowest BCUT2D eigenvalue weighted by molar-refractivity contribution is 0.0141. The van der Waals surface area contributed by atoms with Gasteiger partial charge in [-0.05, 0) is 44.4 Å². The predicted octanol–water partition coefficient (Wildman–Crippen LogP) is 4.42. The monoisotopic (exact) mass is 509 g/mol. The molecule has 198 valence electrons. The Kier molecular flexibility index (Phi) is 10.1. The second kappa shape index (κ2) is 13.5. The van der Waals surface area contributed by atoms with Crippen LogP contribution in [-0.2, 0) is 29.0 Å². The maximum Gasteiger partial charge on any atom is 0.422 e. The molecule has 1 aromatic heterocycles. The third kappa shape index (κ3) is 10.4. The van der Waals surface area contributed by atoms with Gasteiger partial charge in [-0.15, -0.1) is 0 Å². The predicted molar refractivity (Wildman–Crippen MR) is 138 cm³/mol. The van der Waals surface area contributed by atoms with Gasteiger partial charge >= 0.3 is 12.2 Å². The number of aliphatic hydroxyl groups is 1. The van der Waals surface area contributed by atoms with Crippen LogP contribution in [0.15, 0.2) is 83.7 Å². The summed E-state index contributed by atoms with van der Waals surface area (Å²) in [6.07, 6.45) is 1.07. The number of carbonyl (C=O) groups is 2. The van der Waals surface area contributed by atoms with Gasteiger partial charge in [0.05, 0.1) is 24.7 Å². The van der Waals surface area contributed by atoms with Crippen molar-refractivity contribution in [2.75, 3.05) is 6.54 Å². The van der Waals surface area contributed by atoms with Crippen molar-refractivity contribution in [3.63, 3.8) is 0 Å². The maximum atomic E-state index is 12.6. The number of nitrogens with zero attached hydrogens (tertiary/aromatic N) is 1. The molecular formula is C28H35N3O6. The van der Waals surface area contributed by atoms with Crippen LogP contribution in [0.2, 0.25) is 0 Å². The van der Waals surface area contributed by atoms with Gasteiger partial charge in [0.1, 0.15) is 12.2 Å². The van der Waals surface area contributed by atoms with Gasteiger partial charge in [-0.3, -0.25) is 5.43 Å². The fourth-order valence-electron chi connectivity index (χ4n) is 3.60. The summed E-state index contributed by atoms with van der Waals surface area (Å²) in [6.45, 7) is 5.66. The first-order valence-electron chi connectivity index (χ1n) is 12.1. The van der Waals surface area contributed by atoms with Crippen LogP contribution < -0.4 is 10.7 Å². The van der Waals surface area contributed by atoms with E-state index in [9.17, 15) is 14.7 Å². The van der Waals surface area contributed by atoms with Crippen LogP contribution in [0.1, 0.15) is 37.5 Å². The molecule has 0 fully saturated rings. The molecule has 0 spiro atoms. The quantitative estimate of drug-likeness (QED) is 0.328. The first-order chi connectivity index (χ1) is 17.7. The maximum absolute atomic E-state index is 12.6. The van der Waals surface area contributed by atoms with Crippen molar-refractivity contribution in [2.45, 2.75) is 58.1 Å². The molecule has 0 saturated heterocycles. The van der Waals surface area contributed by atoms with Crippen LogP contribution in [0.5, 0.6) is 0 Å². The van der Waals surface area contributed by atoms with E-state index < -0.39 is 29.9 Å². The summed E-state index contributed by atoms with van der Waals surface area (Å²) in [4.78, 5) is 25.1. The molecule has 9 nitrogen and oxygen atoms in total. The van der Waals surface area contributed by atoms with Crippen LogP contribution in [0.4, 0.5) is 9.59 Å². The summed E-state index contributed by atoms with van der Waals surface area (Å²) in [5.41, 5.74) is 4.57. The Morgan fingerprint density at radius 3 is 2.19 bits per heavy atom. The summed E-state index contributed by atoms with van der Waals surface area (Å²) < 4.78 is 15.9. The van der Waals surface area contributed by atoms with Gasteiger partial charge in [0.15, 0.2) is 0 Å². The second-order valence-corrected chi connectivity index (χ2v) is 9.70. The molecule has 0 aliphatic carbocycles. The molecule has 0 bridgehead atoms. The van der Waals surface area contributed by atoms with Crippen LogP contribution >= 0.6 is 0 Å². The van der Waals surface area contributed by atoms with E-state index in [1.807, 2.05) is 60.7 Å². The molecule has 9 heteroatoms. The zero-order valence-electron chi connectivity index (χ0n) is 21.4. The summed E-state index contributed by atoms with van der Waals surface area (Å²) in [5, 5.41) is 15.5. The van der Waals surface area contributed by atoms with Crippen molar-refractivity contribution >= 4 is 12.2 Å². The molecule has 0 unspecified atom stereocenters. The number of ether oxygens (including phenoxy) is 2. The number of hydrazine groups is 1. The highest BCUT2D eigenvalue weighted by Crippen LogP contribution is 2.12. The van der Waals surface area contributed by atoms with E-state index in [0.717, 1.165) is 16.7 Å². The minimum atomic E-state index is -1.06. The standard InChI is InChI=1S/C28H35N3O6/c1-28(2,3)37-27(34)30-31(17-23-14-15-35-19-23)18-25(32)24(16-21-10-6-4-7-11-21)29-26(33)36-20-22-12-8-5-9-13-22/h4-15,19,24-25,32H,16-18,20H2,1-3H3,(H,29,33)(H,30,34)/t24-,25-/m0/s1. The van der Waals surface area contributed by atoms with Crippen molar-refractivity contribution in [1.29, 1.82) is 0 Å². The first-order valence-corrected chi connectivity index (χ1v) is 12.1. The lowest BCUT2D eigenvalue weighted by Gasteiger charge is -2.30. The molecule has 0 radical (unpaired) electrons. The Labute approximate surface area is 217 Å². The number of amides is 2. The molecule has 0 aliphatic rings. The third-order valence-electron chi connectivity index (χ3n) is 5.29. The van der Waals surface area contributed by atoms with Crippen LogP contribution in [-0.4, -0.2) is 46.6 Å². The smallest absolute Gasteiger partial charge is 0.422 e. The molecule has 3 rings (SSSR count). The number of furan rings is 1. The molecule has 0 saturated carbocycles. The van der Waals surface area contributed by atoms with Gasteiger partial charge in [-0.25, -0.2) is 14.6 Å². The molecule has 0 aliphatic heterocycles. The number of carbonyl (C=O) groups excluding carboxylic acids is 2. The van der Waals surface area contributed by atoms with E-state index in [0.29, 0.717) is 6.42 Å². The van der Waals surface area contributed by atoms with Crippen molar-refractivity contribution in [3.8, 4) is 0 Å². The first kappa shape index (κ1) is 27.8. The van der Waals surface area contributed by atoms with E-state index in [4.69, 9.17) is 13.9 Å². The average Bonchev–Trinajstić information content (AvgIpc) is 3.35. The van der Waals surface area contributed by atoms with Gasteiger partial charge in [0, 0.05) is 18.7 Å². The third-order valence-corrected chi connectivity index (χ3v) is 5.29. The van der Waals surface area contributed by atoms with Gasteiger partial charge in [0.25, 0.3) is 0 Å². The molecule has 1 heterocycles. The lowest BCUT2D eigenvalue weighted by atomic mass is 10.0. The Morgan fingerprint density at radius 1 is 0.946 bits per heavy atom. The summed E-state index contributed by atoms with van der Waals surface area (Å²) in [5.74, 6) is 0. The summed E-state index contributed by atoms with van der Waals surface area (Å²) in [6, 6.07) is 19.9. The largest absolute Gasteiger partial charge is 0.472 e. The van der Waals surface area contributed by atoms with Crippen molar-refractivity contribution in [2.24, 2.45) is 0 Å². The van der Waals surface area contributed by atoms with Gasteiger partial charge < -0.3 is 24.3 Å². The zero-order chi connectivity index (χ0) is 26.7. The topological polar surface area (TPSA) is 113 Å². The molecular weight excluding hydrogens is 474 g/mol. The fraction of sp³-hybridized carbons (Fsp3) is 0.357. The highest BCUT2D eigenvalue weighted by Gasteiger charge is 2.27. The fourth-order valence-corrected chi connectivity index (χ4v) is 3.60. The van der Waals surface area contributed by atoms with E-state index in [1.54, 1.807) is 33.1 Å². The van der Waals surface area contributed by atoms with Crippen LogP contribution in [0.25, 0.3) is 0 Å². The number of nitrogens with one attached hydrogen (secondary N) is 2. The summed E-state index contributed by atoms with van der Waals surface area (Å²) >= 11 is 0. The number of hydrogen-bond acceptors (Lipinski definition) is 7. The van der Waals surface area contributed by atoms with E-state index in [2.05, 4.69) is 10.7 Å². The Bertz CT molecular complexity index is 1080. The number of hydrogen-bond donors (Lipinski definition) is 3. The minimum absolute atomic E-state index is 0.000881. The number of aliphatic hydroxyl groups excluding tert-OH is 1. The van der Waals surface area contributed by atoms with Crippen LogP contribution in [0, 0.1) is 0 Å². The Balaban J connectivity index is 1.70. The molecule has 2 amide bonds. The Hall–Kier alpha value is -3.82. The number of alkyl carbamates (subject to hydrolysis) is 1. The van der Waals surface area contributed by atoms with Gasteiger partial charge in [-0.2, -0.15) is 0 Å². The number of benzene rings is 2. The van der Waals surface area contributed by atoms with Crippen molar-refractivity contribution < 1.29 is 28.6 Å². The summed E-state index contributed by atoms with van der Waals surface area (Å²) in [7, 11) is 0. The SMILES string of the molecule is CC(C)(C)OC(=O)NN(Cc1ccoc1)C[C@H](O)[C@H](Cc1ccccc1)NC(=O)OCc1ccccc1. The van der Waals surface area contributed by atoms with Gasteiger partial charge in [-0.1, -0.05) is 60.7 Å². The molecule has 2 atom stereocenters. The normalized spacial score (nSPS) is 13.0. The molecule has 3 aromatic rings. The highest BCUT2D eigenvalue weighted by molar-refractivity contribution is 5.68. The Morgan fingerprint density at radius 2 is 1.59 bits per heavy atom. The average molecular weight is 510 g/mol. The van der Waals surface area contributed by atoms with E-state index in [1.165, 1.54) is 11.3 Å². The van der Waals surface area contributed by atoms with Crippen molar-refractivity contribution in [3.05, 3.63) is 95.9 Å². The second-order valence-electron chi connectivity index (χ2n) is 9.70. The molecule has 3 N–H and O–H groups in total. The minimum Gasteiger partial charge on any atom is -0.472 e. The van der Waals surface area contributed by atoms with E-state index >= 15 is 0 Å². The van der Waals surface area contributed by atoms with E-state index in [-0.39, 0.29) is 19.7 Å². The van der Waals surface area contributed by atoms with Gasteiger partial charge in [0.2, 0.25) is 0 Å². The highest BCUT2D eigenvalue weighted by atomic mass is 16.6. The zero-order valence-corrected chi connectivity index (χ0v) is 21.4. The number of rotatable bonds is 11. The lowest BCUT2D eigenvalue weighted by Crippen LogP contribution is -2.53. The van der Waals surface area contributed by atoms with Crippen LogP contribution in [0.3, 0.4) is 0 Å². The molecule has 2 aromatic carbocycles.